The van der Waals surface area contributed by atoms with Crippen LogP contribution in [0.15, 0.2) is 0 Å². The first kappa shape index (κ1) is 7.60. The first-order valence-electron chi connectivity index (χ1n) is 5.01. The van der Waals surface area contributed by atoms with E-state index in [1.807, 2.05) is 0 Å². The Labute approximate surface area is 69.8 Å². The number of nitrogens with zero attached hydrogens (tertiary/aromatic N) is 1. The number of hydrogen-bond donors (Lipinski definition) is 0. The third-order valence-electron chi connectivity index (χ3n) is 3.44. The molecule has 1 aliphatic carbocycles. The van der Waals surface area contributed by atoms with Gasteiger partial charge in [-0.05, 0) is 44.6 Å². The molecule has 0 bridgehead atoms. The van der Waals surface area contributed by atoms with Crippen molar-refractivity contribution in [1.29, 1.82) is 0 Å². The fourth-order valence-electron chi connectivity index (χ4n) is 2.22. The molecule has 3 unspecified atom stereocenters. The lowest BCUT2D eigenvalue weighted by molar-refractivity contribution is 0.254. The second kappa shape index (κ2) is 2.78. The Morgan fingerprint density at radius 2 is 2.09 bits per heavy atom. The SMILES string of the molecule is CC1CC1CN1CCCC1C. The van der Waals surface area contributed by atoms with E-state index in [0.717, 1.165) is 17.9 Å². The van der Waals surface area contributed by atoms with Gasteiger partial charge in [0.2, 0.25) is 0 Å². The van der Waals surface area contributed by atoms with E-state index in [-0.39, 0.29) is 0 Å². The van der Waals surface area contributed by atoms with E-state index in [1.165, 1.54) is 32.4 Å². The quantitative estimate of drug-likeness (QED) is 0.587. The van der Waals surface area contributed by atoms with Crippen molar-refractivity contribution in [3.63, 3.8) is 0 Å². The Bertz CT molecular complexity index is 144. The van der Waals surface area contributed by atoms with Crippen molar-refractivity contribution in [2.45, 2.75) is 39.2 Å². The zero-order chi connectivity index (χ0) is 7.84. The molecule has 1 heterocycles. The van der Waals surface area contributed by atoms with Crippen molar-refractivity contribution in [3.8, 4) is 0 Å². The third kappa shape index (κ3) is 1.58. The molecule has 0 amide bonds. The van der Waals surface area contributed by atoms with Crippen molar-refractivity contribution in [1.82, 2.24) is 4.90 Å². The first-order valence-corrected chi connectivity index (χ1v) is 5.01. The largest absolute Gasteiger partial charge is 0.300 e. The summed E-state index contributed by atoms with van der Waals surface area (Å²) in [5, 5.41) is 0. The molecule has 2 rings (SSSR count). The van der Waals surface area contributed by atoms with Gasteiger partial charge in [0.05, 0.1) is 0 Å². The lowest BCUT2D eigenvalue weighted by Gasteiger charge is -2.20. The van der Waals surface area contributed by atoms with Gasteiger partial charge >= 0.3 is 0 Å². The van der Waals surface area contributed by atoms with Gasteiger partial charge in [-0.1, -0.05) is 6.92 Å². The molecule has 0 radical (unpaired) electrons. The summed E-state index contributed by atoms with van der Waals surface area (Å²) in [6.45, 7) is 7.51. The van der Waals surface area contributed by atoms with Crippen molar-refractivity contribution in [3.05, 3.63) is 0 Å². The minimum atomic E-state index is 0.878. The van der Waals surface area contributed by atoms with Gasteiger partial charge < -0.3 is 4.90 Å². The molecule has 1 heteroatoms. The monoisotopic (exact) mass is 153 g/mol. The summed E-state index contributed by atoms with van der Waals surface area (Å²) in [7, 11) is 0. The fourth-order valence-corrected chi connectivity index (χ4v) is 2.22. The van der Waals surface area contributed by atoms with Gasteiger partial charge in [-0.25, -0.2) is 0 Å². The van der Waals surface area contributed by atoms with Crippen LogP contribution in [0.4, 0.5) is 0 Å². The van der Waals surface area contributed by atoms with Crippen LogP contribution in [0.2, 0.25) is 0 Å². The standard InChI is InChI=1S/C10H19N/c1-8-6-10(8)7-11-5-3-4-9(11)2/h8-10H,3-7H2,1-2H3. The Kier molecular flexibility index (Phi) is 1.92. The summed E-state index contributed by atoms with van der Waals surface area (Å²) in [5.41, 5.74) is 0. The van der Waals surface area contributed by atoms with E-state index < -0.39 is 0 Å². The first-order chi connectivity index (χ1) is 5.27. The minimum Gasteiger partial charge on any atom is -0.300 e. The van der Waals surface area contributed by atoms with Crippen LogP contribution < -0.4 is 0 Å². The Balaban J connectivity index is 1.77. The van der Waals surface area contributed by atoms with Gasteiger partial charge in [0, 0.05) is 12.6 Å². The molecule has 1 aliphatic heterocycles. The molecule has 1 saturated carbocycles. The number of likely N-dealkylation sites (tertiary alicyclic amines) is 1. The normalized spacial score (nSPS) is 44.7. The molecule has 11 heavy (non-hydrogen) atoms. The van der Waals surface area contributed by atoms with Gasteiger partial charge in [0.1, 0.15) is 0 Å². The van der Waals surface area contributed by atoms with Crippen LogP contribution in [0.5, 0.6) is 0 Å². The van der Waals surface area contributed by atoms with Crippen LogP contribution in [0, 0.1) is 11.8 Å². The molecule has 3 atom stereocenters. The number of rotatable bonds is 2. The molecule has 2 aliphatic rings. The summed E-state index contributed by atoms with van der Waals surface area (Å²) in [6, 6.07) is 0.878. The van der Waals surface area contributed by atoms with Crippen LogP contribution in [-0.4, -0.2) is 24.0 Å². The van der Waals surface area contributed by atoms with Gasteiger partial charge in [-0.3, -0.25) is 0 Å². The van der Waals surface area contributed by atoms with Crippen LogP contribution in [0.25, 0.3) is 0 Å². The molecular formula is C10H19N. The van der Waals surface area contributed by atoms with E-state index in [4.69, 9.17) is 0 Å². The van der Waals surface area contributed by atoms with Crippen LogP contribution in [0.3, 0.4) is 0 Å². The molecule has 1 nitrogen and oxygen atoms in total. The smallest absolute Gasteiger partial charge is 0.00675 e. The zero-order valence-electron chi connectivity index (χ0n) is 7.71. The average Bonchev–Trinajstić information content (AvgIpc) is 2.48. The van der Waals surface area contributed by atoms with Gasteiger partial charge in [0.15, 0.2) is 0 Å². The van der Waals surface area contributed by atoms with Crippen LogP contribution in [-0.2, 0) is 0 Å². The van der Waals surface area contributed by atoms with E-state index in [1.54, 1.807) is 0 Å². The average molecular weight is 153 g/mol. The summed E-state index contributed by atoms with van der Waals surface area (Å²) < 4.78 is 0. The fraction of sp³-hybridized carbons (Fsp3) is 1.00. The predicted octanol–water partition coefficient (Wildman–Crippen LogP) is 2.13. The molecule has 0 N–H and O–H groups in total. The molecule has 2 fully saturated rings. The van der Waals surface area contributed by atoms with E-state index in [9.17, 15) is 0 Å². The van der Waals surface area contributed by atoms with Crippen LogP contribution >= 0.6 is 0 Å². The Hall–Kier alpha value is -0.0400. The van der Waals surface area contributed by atoms with Crippen molar-refractivity contribution < 1.29 is 0 Å². The molecular weight excluding hydrogens is 134 g/mol. The third-order valence-corrected chi connectivity index (χ3v) is 3.44. The highest BCUT2D eigenvalue weighted by atomic mass is 15.2. The van der Waals surface area contributed by atoms with E-state index >= 15 is 0 Å². The second-order valence-corrected chi connectivity index (χ2v) is 4.46. The maximum atomic E-state index is 2.67. The summed E-state index contributed by atoms with van der Waals surface area (Å²) in [4.78, 5) is 2.67. The second-order valence-electron chi connectivity index (χ2n) is 4.46. The molecule has 0 aromatic heterocycles. The maximum Gasteiger partial charge on any atom is 0.00675 e. The molecule has 0 aromatic carbocycles. The van der Waals surface area contributed by atoms with Gasteiger partial charge in [-0.15, -0.1) is 0 Å². The molecule has 1 saturated heterocycles. The summed E-state index contributed by atoms with van der Waals surface area (Å²) in [5.74, 6) is 2.08. The highest BCUT2D eigenvalue weighted by Gasteiger charge is 2.35. The van der Waals surface area contributed by atoms with Crippen molar-refractivity contribution in [2.75, 3.05) is 13.1 Å². The topological polar surface area (TPSA) is 3.24 Å². The number of hydrogen-bond acceptors (Lipinski definition) is 1. The van der Waals surface area contributed by atoms with E-state index in [2.05, 4.69) is 18.7 Å². The molecule has 0 spiro atoms. The van der Waals surface area contributed by atoms with Crippen molar-refractivity contribution in [2.24, 2.45) is 11.8 Å². The zero-order valence-corrected chi connectivity index (χ0v) is 7.71. The molecule has 0 aromatic rings. The van der Waals surface area contributed by atoms with Gasteiger partial charge in [-0.2, -0.15) is 0 Å². The maximum absolute atomic E-state index is 2.67. The van der Waals surface area contributed by atoms with Crippen LogP contribution in [0.1, 0.15) is 33.1 Å². The lowest BCUT2D eigenvalue weighted by atomic mass is 10.2. The lowest BCUT2D eigenvalue weighted by Crippen LogP contribution is -2.29. The van der Waals surface area contributed by atoms with E-state index in [0.29, 0.717) is 0 Å². The predicted molar refractivity (Wildman–Crippen MR) is 47.5 cm³/mol. The molecule has 64 valence electrons. The Morgan fingerprint density at radius 1 is 1.36 bits per heavy atom. The van der Waals surface area contributed by atoms with Gasteiger partial charge in [0.25, 0.3) is 0 Å². The summed E-state index contributed by atoms with van der Waals surface area (Å²) in [6.07, 6.45) is 4.35. The Morgan fingerprint density at radius 3 is 2.55 bits per heavy atom. The van der Waals surface area contributed by atoms with Crippen molar-refractivity contribution >= 4 is 0 Å². The summed E-state index contributed by atoms with van der Waals surface area (Å²) >= 11 is 0. The minimum absolute atomic E-state index is 0.878. The highest BCUT2D eigenvalue weighted by Crippen LogP contribution is 2.39. The highest BCUT2D eigenvalue weighted by molar-refractivity contribution is 4.88.